The number of piperidine rings is 1. The van der Waals surface area contributed by atoms with Crippen LogP contribution in [0.25, 0.3) is 0 Å². The number of amides is 2. The summed E-state index contributed by atoms with van der Waals surface area (Å²) in [5.74, 6) is 1.69. The van der Waals surface area contributed by atoms with Crippen LogP contribution in [0.2, 0.25) is 0 Å². The van der Waals surface area contributed by atoms with E-state index >= 15 is 0 Å². The van der Waals surface area contributed by atoms with E-state index in [-0.39, 0.29) is 17.9 Å². The summed E-state index contributed by atoms with van der Waals surface area (Å²) < 4.78 is 5.71. The Bertz CT molecular complexity index is 619. The lowest BCUT2D eigenvalue weighted by molar-refractivity contribution is -0.123. The second-order valence-corrected chi connectivity index (χ2v) is 7.22. The maximum absolute atomic E-state index is 12.7. The largest absolute Gasteiger partial charge is 0.456 e. The topological polar surface area (TPSA) is 74.6 Å². The van der Waals surface area contributed by atoms with Crippen LogP contribution < -0.4 is 10.6 Å². The molecule has 0 aromatic carbocycles. The minimum absolute atomic E-state index is 0.0312. The molecule has 1 aromatic heterocycles. The van der Waals surface area contributed by atoms with Gasteiger partial charge in [-0.2, -0.15) is 0 Å². The summed E-state index contributed by atoms with van der Waals surface area (Å²) >= 11 is 0. The summed E-state index contributed by atoms with van der Waals surface area (Å²) in [5.41, 5.74) is 1.04. The molecule has 0 bridgehead atoms. The van der Waals surface area contributed by atoms with Crippen molar-refractivity contribution in [2.24, 2.45) is 5.92 Å². The van der Waals surface area contributed by atoms with Gasteiger partial charge in [0.25, 0.3) is 5.91 Å². The molecule has 0 aliphatic carbocycles. The molecule has 6 nitrogen and oxygen atoms in total. The van der Waals surface area contributed by atoms with E-state index in [1.54, 1.807) is 0 Å². The average Bonchev–Trinajstić information content (AvgIpc) is 3.29. The summed E-state index contributed by atoms with van der Waals surface area (Å²) in [4.78, 5) is 26.7. The van der Waals surface area contributed by atoms with Crippen molar-refractivity contribution in [1.29, 1.82) is 0 Å². The van der Waals surface area contributed by atoms with E-state index in [1.165, 1.54) is 0 Å². The molecule has 2 saturated heterocycles. The molecule has 2 aliphatic rings. The Hall–Kier alpha value is -1.82. The van der Waals surface area contributed by atoms with Crippen molar-refractivity contribution in [3.63, 3.8) is 0 Å². The zero-order valence-electron chi connectivity index (χ0n) is 15.3. The summed E-state index contributed by atoms with van der Waals surface area (Å²) in [5, 5.41) is 6.27. The summed E-state index contributed by atoms with van der Waals surface area (Å²) in [6.45, 7) is 7.00. The summed E-state index contributed by atoms with van der Waals surface area (Å²) in [7, 11) is 0. The van der Waals surface area contributed by atoms with Gasteiger partial charge >= 0.3 is 0 Å². The van der Waals surface area contributed by atoms with Crippen molar-refractivity contribution in [1.82, 2.24) is 15.5 Å². The molecule has 0 unspecified atom stereocenters. The molecule has 2 amide bonds. The van der Waals surface area contributed by atoms with Gasteiger partial charge in [-0.3, -0.25) is 9.59 Å². The molecule has 3 heterocycles. The Morgan fingerprint density at radius 3 is 2.88 bits per heavy atom. The minimum atomic E-state index is -0.0418. The monoisotopic (exact) mass is 347 g/mol. The van der Waals surface area contributed by atoms with Crippen molar-refractivity contribution >= 4 is 11.8 Å². The van der Waals surface area contributed by atoms with E-state index in [0.29, 0.717) is 24.8 Å². The first-order valence-electron chi connectivity index (χ1n) is 9.48. The Morgan fingerprint density at radius 1 is 1.36 bits per heavy atom. The Labute approximate surface area is 149 Å². The van der Waals surface area contributed by atoms with E-state index in [4.69, 9.17) is 4.42 Å². The zero-order chi connectivity index (χ0) is 17.8. The fourth-order valence-corrected chi connectivity index (χ4v) is 3.82. The number of nitrogens with zero attached hydrogens (tertiary/aromatic N) is 1. The Kier molecular flexibility index (Phi) is 5.78. The maximum Gasteiger partial charge on any atom is 0.289 e. The van der Waals surface area contributed by atoms with E-state index in [1.807, 2.05) is 24.8 Å². The van der Waals surface area contributed by atoms with Crippen LogP contribution >= 0.6 is 0 Å². The third kappa shape index (κ3) is 4.24. The van der Waals surface area contributed by atoms with Crippen molar-refractivity contribution in [3.05, 3.63) is 23.2 Å². The van der Waals surface area contributed by atoms with Crippen LogP contribution in [-0.4, -0.2) is 48.9 Å². The van der Waals surface area contributed by atoms with Crippen molar-refractivity contribution in [2.45, 2.75) is 52.0 Å². The molecule has 25 heavy (non-hydrogen) atoms. The molecular weight excluding hydrogens is 318 g/mol. The lowest BCUT2D eigenvalue weighted by atomic mass is 9.97. The van der Waals surface area contributed by atoms with Gasteiger partial charge in [0.2, 0.25) is 5.91 Å². The van der Waals surface area contributed by atoms with Crippen LogP contribution in [0.1, 0.15) is 54.5 Å². The number of likely N-dealkylation sites (tertiary alicyclic amines) is 1. The fraction of sp³-hybridized carbons (Fsp3) is 0.684. The highest BCUT2D eigenvalue weighted by Crippen LogP contribution is 2.21. The number of aryl methyl sites for hydroxylation is 2. The minimum Gasteiger partial charge on any atom is -0.456 e. The van der Waals surface area contributed by atoms with Crippen molar-refractivity contribution in [3.8, 4) is 0 Å². The molecule has 1 aromatic rings. The van der Waals surface area contributed by atoms with Crippen LogP contribution in [0.4, 0.5) is 0 Å². The number of furan rings is 1. The van der Waals surface area contributed by atoms with Crippen LogP contribution in [0.15, 0.2) is 10.5 Å². The Morgan fingerprint density at radius 2 is 2.20 bits per heavy atom. The molecule has 2 fully saturated rings. The van der Waals surface area contributed by atoms with Gasteiger partial charge in [-0.25, -0.2) is 0 Å². The van der Waals surface area contributed by atoms with E-state index in [0.717, 1.165) is 56.5 Å². The number of hydrogen-bond donors (Lipinski definition) is 2. The highest BCUT2D eigenvalue weighted by Gasteiger charge is 2.28. The van der Waals surface area contributed by atoms with Crippen LogP contribution in [0.3, 0.4) is 0 Å². The van der Waals surface area contributed by atoms with Gasteiger partial charge in [-0.15, -0.1) is 0 Å². The fourth-order valence-electron chi connectivity index (χ4n) is 3.82. The number of hydrogen-bond acceptors (Lipinski definition) is 4. The molecule has 3 rings (SSSR count). The lowest BCUT2D eigenvalue weighted by Gasteiger charge is -2.32. The van der Waals surface area contributed by atoms with Crippen LogP contribution in [0.5, 0.6) is 0 Å². The molecule has 2 aliphatic heterocycles. The number of carbonyl (C=O) groups excluding carboxylic acids is 2. The molecule has 2 atom stereocenters. The maximum atomic E-state index is 12.7. The standard InChI is InChI=1S/C19H29N3O3/c1-3-16-13(2)10-17(25-16)19(24)22-9-5-6-14(12-22)11-21-18(23)15-7-4-8-20-15/h10,14-15,20H,3-9,11-12H2,1-2H3,(H,21,23)/t14-,15+/m1/s1. The Balaban J connectivity index is 1.53. The highest BCUT2D eigenvalue weighted by atomic mass is 16.4. The highest BCUT2D eigenvalue weighted by molar-refractivity contribution is 5.92. The third-order valence-corrected chi connectivity index (χ3v) is 5.30. The van der Waals surface area contributed by atoms with Gasteiger partial charge in [-0.1, -0.05) is 6.92 Å². The quantitative estimate of drug-likeness (QED) is 0.853. The summed E-state index contributed by atoms with van der Waals surface area (Å²) in [6.07, 6.45) is 4.78. The average molecular weight is 347 g/mol. The van der Waals surface area contributed by atoms with Crippen LogP contribution in [0, 0.1) is 12.8 Å². The van der Waals surface area contributed by atoms with Gasteiger partial charge in [0.05, 0.1) is 6.04 Å². The second kappa shape index (κ2) is 8.04. The van der Waals surface area contributed by atoms with Gasteiger partial charge < -0.3 is 20.0 Å². The van der Waals surface area contributed by atoms with E-state index < -0.39 is 0 Å². The van der Waals surface area contributed by atoms with Crippen molar-refractivity contribution < 1.29 is 14.0 Å². The molecule has 0 saturated carbocycles. The predicted molar refractivity (Wildman–Crippen MR) is 95.5 cm³/mol. The molecule has 6 heteroatoms. The van der Waals surface area contributed by atoms with E-state index in [9.17, 15) is 9.59 Å². The zero-order valence-corrected chi connectivity index (χ0v) is 15.3. The molecule has 0 spiro atoms. The first kappa shape index (κ1) is 18.0. The molecular formula is C19H29N3O3. The predicted octanol–water partition coefficient (Wildman–Crippen LogP) is 1.87. The molecule has 138 valence electrons. The van der Waals surface area contributed by atoms with Gasteiger partial charge in [0.1, 0.15) is 5.76 Å². The van der Waals surface area contributed by atoms with Gasteiger partial charge in [-0.05, 0) is 56.7 Å². The van der Waals surface area contributed by atoms with Gasteiger partial charge in [0.15, 0.2) is 5.76 Å². The third-order valence-electron chi connectivity index (χ3n) is 5.30. The van der Waals surface area contributed by atoms with Crippen LogP contribution in [-0.2, 0) is 11.2 Å². The number of nitrogens with one attached hydrogen (secondary N) is 2. The molecule has 0 radical (unpaired) electrons. The normalized spacial score (nSPS) is 23.7. The number of rotatable bonds is 5. The summed E-state index contributed by atoms with van der Waals surface area (Å²) in [6, 6.07) is 1.80. The number of carbonyl (C=O) groups is 2. The first-order valence-corrected chi connectivity index (χ1v) is 9.48. The van der Waals surface area contributed by atoms with Gasteiger partial charge in [0, 0.05) is 26.1 Å². The first-order chi connectivity index (χ1) is 12.1. The second-order valence-electron chi connectivity index (χ2n) is 7.22. The molecule has 2 N–H and O–H groups in total. The van der Waals surface area contributed by atoms with Crippen molar-refractivity contribution in [2.75, 3.05) is 26.2 Å². The lowest BCUT2D eigenvalue weighted by Crippen LogP contribution is -2.46. The smallest absolute Gasteiger partial charge is 0.289 e. The van der Waals surface area contributed by atoms with E-state index in [2.05, 4.69) is 10.6 Å². The SMILES string of the molecule is CCc1oc(C(=O)N2CCC[C@H](CNC(=O)[C@@H]3CCCN3)C2)cc1C.